The van der Waals surface area contributed by atoms with Crippen molar-refractivity contribution in [3.8, 4) is 5.75 Å². The van der Waals surface area contributed by atoms with Crippen molar-refractivity contribution in [1.82, 2.24) is 5.32 Å². The fourth-order valence-corrected chi connectivity index (χ4v) is 1.06. The first kappa shape index (κ1) is 11.5. The van der Waals surface area contributed by atoms with Gasteiger partial charge in [0.25, 0.3) is 0 Å². The third-order valence-electron chi connectivity index (χ3n) is 1.81. The highest BCUT2D eigenvalue weighted by atomic mass is 19.1. The van der Waals surface area contributed by atoms with Gasteiger partial charge in [0, 0.05) is 6.92 Å². The standard InChI is InChI=1S/C11H13FNO2/c1-8-4-3-5-10(11(8)12)15-7-6-13-9(2)14/h3,5H,6-7H2,1-2H3,(H,13,14). The topological polar surface area (TPSA) is 38.3 Å². The Labute approximate surface area is 88.2 Å². The maximum Gasteiger partial charge on any atom is 0.216 e. The van der Waals surface area contributed by atoms with Gasteiger partial charge in [-0.3, -0.25) is 4.79 Å². The van der Waals surface area contributed by atoms with Crippen LogP contribution in [0.4, 0.5) is 4.39 Å². The fraction of sp³-hybridized carbons (Fsp3) is 0.364. The number of hydrogen-bond donors (Lipinski definition) is 1. The Morgan fingerprint density at radius 3 is 3.07 bits per heavy atom. The molecule has 0 aliphatic rings. The molecule has 0 unspecified atom stereocenters. The SMILES string of the molecule is CC(=O)NCCOc1cc[c]c(C)c1F. The van der Waals surface area contributed by atoms with E-state index >= 15 is 0 Å². The van der Waals surface area contributed by atoms with Crippen LogP contribution >= 0.6 is 0 Å². The number of rotatable bonds is 4. The molecule has 0 atom stereocenters. The maximum atomic E-state index is 13.3. The van der Waals surface area contributed by atoms with Gasteiger partial charge >= 0.3 is 0 Å². The van der Waals surface area contributed by atoms with Gasteiger partial charge in [-0.15, -0.1) is 0 Å². The summed E-state index contributed by atoms with van der Waals surface area (Å²) in [5.74, 6) is -0.339. The summed E-state index contributed by atoms with van der Waals surface area (Å²) < 4.78 is 18.5. The zero-order valence-electron chi connectivity index (χ0n) is 8.76. The van der Waals surface area contributed by atoms with Gasteiger partial charge < -0.3 is 10.1 Å². The number of amides is 1. The van der Waals surface area contributed by atoms with Gasteiger partial charge in [0.2, 0.25) is 5.91 Å². The van der Waals surface area contributed by atoms with Crippen molar-refractivity contribution in [2.45, 2.75) is 13.8 Å². The van der Waals surface area contributed by atoms with Crippen molar-refractivity contribution in [3.05, 3.63) is 29.6 Å². The molecule has 3 nitrogen and oxygen atoms in total. The highest BCUT2D eigenvalue weighted by molar-refractivity contribution is 5.72. The van der Waals surface area contributed by atoms with Crippen LogP contribution in [0, 0.1) is 18.8 Å². The van der Waals surface area contributed by atoms with Crippen molar-refractivity contribution in [3.63, 3.8) is 0 Å². The van der Waals surface area contributed by atoms with E-state index in [1.807, 2.05) is 0 Å². The van der Waals surface area contributed by atoms with E-state index in [9.17, 15) is 9.18 Å². The fourth-order valence-electron chi connectivity index (χ4n) is 1.06. The van der Waals surface area contributed by atoms with Crippen molar-refractivity contribution in [2.75, 3.05) is 13.2 Å². The van der Waals surface area contributed by atoms with Crippen molar-refractivity contribution < 1.29 is 13.9 Å². The average molecular weight is 210 g/mol. The summed E-state index contributed by atoms with van der Waals surface area (Å²) >= 11 is 0. The molecular weight excluding hydrogens is 197 g/mol. The molecule has 0 saturated carbocycles. The molecule has 81 valence electrons. The Morgan fingerprint density at radius 1 is 1.67 bits per heavy atom. The molecule has 1 aromatic carbocycles. The van der Waals surface area contributed by atoms with E-state index in [-0.39, 0.29) is 18.3 Å². The number of benzene rings is 1. The first-order valence-corrected chi connectivity index (χ1v) is 4.65. The largest absolute Gasteiger partial charge is 0.489 e. The molecule has 0 fully saturated rings. The quantitative estimate of drug-likeness (QED) is 0.764. The summed E-state index contributed by atoms with van der Waals surface area (Å²) in [5.41, 5.74) is 0.423. The molecule has 0 aliphatic carbocycles. The van der Waals surface area contributed by atoms with E-state index < -0.39 is 5.82 Å². The molecular formula is C11H13FNO2. The van der Waals surface area contributed by atoms with Gasteiger partial charge in [-0.1, -0.05) is 6.07 Å². The van der Waals surface area contributed by atoms with Crippen LogP contribution in [0.5, 0.6) is 5.75 Å². The maximum absolute atomic E-state index is 13.3. The molecule has 1 amide bonds. The molecule has 0 saturated heterocycles. The average Bonchev–Trinajstić information content (AvgIpc) is 2.18. The van der Waals surface area contributed by atoms with Gasteiger partial charge in [0.15, 0.2) is 11.6 Å². The normalized spacial score (nSPS) is 9.80. The molecule has 1 radical (unpaired) electrons. The number of carbonyl (C=O) groups excluding carboxylic acids is 1. The Balaban J connectivity index is 2.44. The van der Waals surface area contributed by atoms with Crippen LogP contribution in [0.2, 0.25) is 0 Å². The van der Waals surface area contributed by atoms with Gasteiger partial charge in [-0.05, 0) is 24.6 Å². The van der Waals surface area contributed by atoms with Gasteiger partial charge in [-0.25, -0.2) is 4.39 Å². The summed E-state index contributed by atoms with van der Waals surface area (Å²) in [7, 11) is 0. The Bertz CT molecular complexity index is 352. The third-order valence-corrected chi connectivity index (χ3v) is 1.81. The predicted octanol–water partition coefficient (Wildman–Crippen LogP) is 1.45. The van der Waals surface area contributed by atoms with E-state index in [4.69, 9.17) is 4.74 Å². The summed E-state index contributed by atoms with van der Waals surface area (Å²) in [6.07, 6.45) is 0. The lowest BCUT2D eigenvalue weighted by Crippen LogP contribution is -2.25. The predicted molar refractivity (Wildman–Crippen MR) is 54.2 cm³/mol. The molecule has 0 aliphatic heterocycles. The van der Waals surface area contributed by atoms with Crippen molar-refractivity contribution >= 4 is 5.91 Å². The summed E-state index contributed by atoms with van der Waals surface area (Å²) in [5, 5.41) is 2.56. The summed E-state index contributed by atoms with van der Waals surface area (Å²) in [6.45, 7) is 3.66. The Kier molecular flexibility index (Phi) is 4.09. The Morgan fingerprint density at radius 2 is 2.40 bits per heavy atom. The van der Waals surface area contributed by atoms with E-state index in [0.29, 0.717) is 12.1 Å². The van der Waals surface area contributed by atoms with E-state index in [0.717, 1.165) is 0 Å². The van der Waals surface area contributed by atoms with Crippen LogP contribution in [0.25, 0.3) is 0 Å². The van der Waals surface area contributed by atoms with Gasteiger partial charge in [0.05, 0.1) is 6.54 Å². The number of halogens is 1. The second-order valence-corrected chi connectivity index (χ2v) is 3.11. The zero-order chi connectivity index (χ0) is 11.3. The van der Waals surface area contributed by atoms with Crippen LogP contribution < -0.4 is 10.1 Å². The number of aryl methyl sites for hydroxylation is 1. The molecule has 4 heteroatoms. The number of ether oxygens (including phenoxy) is 1. The van der Waals surface area contributed by atoms with Crippen LogP contribution in [0.3, 0.4) is 0 Å². The molecule has 1 N–H and O–H groups in total. The van der Waals surface area contributed by atoms with Crippen molar-refractivity contribution in [2.24, 2.45) is 0 Å². The molecule has 15 heavy (non-hydrogen) atoms. The van der Waals surface area contributed by atoms with Crippen LogP contribution in [-0.4, -0.2) is 19.1 Å². The molecule has 0 bridgehead atoms. The van der Waals surface area contributed by atoms with Gasteiger partial charge in [0.1, 0.15) is 6.61 Å². The van der Waals surface area contributed by atoms with Crippen LogP contribution in [0.1, 0.15) is 12.5 Å². The highest BCUT2D eigenvalue weighted by Crippen LogP contribution is 2.18. The molecule has 0 heterocycles. The van der Waals surface area contributed by atoms with Crippen LogP contribution in [-0.2, 0) is 4.79 Å². The van der Waals surface area contributed by atoms with E-state index in [1.54, 1.807) is 13.0 Å². The summed E-state index contributed by atoms with van der Waals surface area (Å²) in [4.78, 5) is 10.5. The third kappa shape index (κ3) is 3.58. The minimum absolute atomic E-state index is 0.128. The zero-order valence-corrected chi connectivity index (χ0v) is 8.76. The second kappa shape index (κ2) is 5.34. The smallest absolute Gasteiger partial charge is 0.216 e. The minimum Gasteiger partial charge on any atom is -0.489 e. The number of hydrogen-bond acceptors (Lipinski definition) is 2. The lowest BCUT2D eigenvalue weighted by atomic mass is 10.2. The molecule has 1 rings (SSSR count). The van der Waals surface area contributed by atoms with Crippen LogP contribution in [0.15, 0.2) is 12.1 Å². The van der Waals surface area contributed by atoms with Gasteiger partial charge in [-0.2, -0.15) is 0 Å². The molecule has 1 aromatic rings. The van der Waals surface area contributed by atoms with E-state index in [2.05, 4.69) is 11.4 Å². The molecule has 0 aromatic heterocycles. The monoisotopic (exact) mass is 210 g/mol. The highest BCUT2D eigenvalue weighted by Gasteiger charge is 2.05. The van der Waals surface area contributed by atoms with Crippen molar-refractivity contribution in [1.29, 1.82) is 0 Å². The summed E-state index contributed by atoms with van der Waals surface area (Å²) in [6, 6.07) is 5.84. The first-order valence-electron chi connectivity index (χ1n) is 4.65. The number of carbonyl (C=O) groups is 1. The second-order valence-electron chi connectivity index (χ2n) is 3.11. The number of nitrogens with one attached hydrogen (secondary N) is 1. The molecule has 0 spiro atoms. The lowest BCUT2D eigenvalue weighted by Gasteiger charge is -2.08. The van der Waals surface area contributed by atoms with E-state index in [1.165, 1.54) is 13.0 Å². The first-order chi connectivity index (χ1) is 7.11. The lowest BCUT2D eigenvalue weighted by molar-refractivity contribution is -0.119. The minimum atomic E-state index is -0.402. The Hall–Kier alpha value is -1.58.